The highest BCUT2D eigenvalue weighted by Crippen LogP contribution is 2.60. The zero-order chi connectivity index (χ0) is 22.7. The Balaban J connectivity index is 1.29. The Morgan fingerprint density at radius 2 is 1.48 bits per heavy atom. The van der Waals surface area contributed by atoms with Gasteiger partial charge in [-0.15, -0.1) is 0 Å². The van der Waals surface area contributed by atoms with Gasteiger partial charge in [-0.3, -0.25) is 19.3 Å². The number of benzene rings is 2. The molecule has 5 nitrogen and oxygen atoms in total. The Kier molecular flexibility index (Phi) is 4.68. The maximum atomic E-state index is 14.1. The normalized spacial score (nSPS) is 29.5. The van der Waals surface area contributed by atoms with Gasteiger partial charge in [0, 0.05) is 18.8 Å². The lowest BCUT2D eigenvalue weighted by Crippen LogP contribution is -2.55. The fraction of sp³-hybridized carbons (Fsp3) is 0.444. The van der Waals surface area contributed by atoms with Gasteiger partial charge in [0.05, 0.1) is 16.5 Å². The van der Waals surface area contributed by atoms with Crippen molar-refractivity contribution in [3.8, 4) is 0 Å². The van der Waals surface area contributed by atoms with Gasteiger partial charge < -0.3 is 4.90 Å². The van der Waals surface area contributed by atoms with Crippen molar-refractivity contribution in [1.82, 2.24) is 4.90 Å². The van der Waals surface area contributed by atoms with Gasteiger partial charge in [0.15, 0.2) is 0 Å². The lowest BCUT2D eigenvalue weighted by atomic mass is 9.49. The number of anilines is 1. The molecule has 6 heteroatoms. The topological polar surface area (TPSA) is 57.7 Å². The minimum absolute atomic E-state index is 0.0313. The van der Waals surface area contributed by atoms with Gasteiger partial charge in [-0.1, -0.05) is 18.2 Å². The summed E-state index contributed by atoms with van der Waals surface area (Å²) in [7, 11) is 0. The van der Waals surface area contributed by atoms with Crippen LogP contribution in [0.2, 0.25) is 0 Å². The second kappa shape index (κ2) is 7.51. The molecule has 4 fully saturated rings. The molecule has 0 N–H and O–H groups in total. The average molecular weight is 447 g/mol. The Bertz CT molecular complexity index is 1090. The number of hydrogen-bond donors (Lipinski definition) is 0. The zero-order valence-corrected chi connectivity index (χ0v) is 18.5. The summed E-state index contributed by atoms with van der Waals surface area (Å²) < 4.78 is 14.1. The Hall–Kier alpha value is -3.02. The molecule has 4 saturated carbocycles. The van der Waals surface area contributed by atoms with Gasteiger partial charge >= 0.3 is 0 Å². The van der Waals surface area contributed by atoms with E-state index in [1.165, 1.54) is 36.3 Å². The van der Waals surface area contributed by atoms with Gasteiger partial charge in [0.25, 0.3) is 11.8 Å². The van der Waals surface area contributed by atoms with Crippen LogP contribution in [0.5, 0.6) is 0 Å². The number of imide groups is 1. The van der Waals surface area contributed by atoms with Crippen molar-refractivity contribution in [2.24, 2.45) is 23.2 Å². The van der Waals surface area contributed by atoms with Crippen molar-refractivity contribution >= 4 is 23.4 Å². The summed E-state index contributed by atoms with van der Waals surface area (Å²) in [6.07, 6.45) is 6.37. The molecular formula is C27H27FN2O3. The smallest absolute Gasteiger partial charge is 0.261 e. The van der Waals surface area contributed by atoms with Crippen LogP contribution in [-0.4, -0.2) is 35.7 Å². The minimum Gasteiger partial charge on any atom is -0.310 e. The summed E-state index contributed by atoms with van der Waals surface area (Å²) in [4.78, 5) is 42.6. The standard InChI is InChI=1S/C27H27FN2O3/c28-20-4-3-5-21(13-20)29(8-9-30-24(31)22-6-1-2-7-23(22)25(30)32)26(33)27-14-17-10-18(15-27)12-19(11-17)16-27/h1-7,13,17-19H,8-12,14-16H2. The third-order valence-electron chi connectivity index (χ3n) is 8.28. The molecule has 2 aromatic rings. The van der Waals surface area contributed by atoms with Crippen LogP contribution in [0.3, 0.4) is 0 Å². The fourth-order valence-corrected chi connectivity index (χ4v) is 7.29. The number of amides is 3. The van der Waals surface area contributed by atoms with Crippen LogP contribution in [0.25, 0.3) is 0 Å². The molecule has 1 heterocycles. The van der Waals surface area contributed by atoms with E-state index in [1.807, 2.05) is 0 Å². The predicted molar refractivity (Wildman–Crippen MR) is 121 cm³/mol. The number of carbonyl (C=O) groups is 3. The van der Waals surface area contributed by atoms with Crippen LogP contribution < -0.4 is 4.90 Å². The maximum absolute atomic E-state index is 14.1. The van der Waals surface area contributed by atoms with E-state index >= 15 is 0 Å². The zero-order valence-electron chi connectivity index (χ0n) is 18.5. The van der Waals surface area contributed by atoms with E-state index < -0.39 is 11.2 Å². The van der Waals surface area contributed by atoms with Gasteiger partial charge in [-0.05, 0) is 86.6 Å². The van der Waals surface area contributed by atoms with Gasteiger partial charge in [0.1, 0.15) is 5.82 Å². The van der Waals surface area contributed by atoms with Crippen molar-refractivity contribution in [3.05, 3.63) is 65.5 Å². The third kappa shape index (κ3) is 3.30. The van der Waals surface area contributed by atoms with E-state index in [0.29, 0.717) is 34.6 Å². The summed E-state index contributed by atoms with van der Waals surface area (Å²) in [6.45, 7) is 0.246. The monoisotopic (exact) mass is 446 g/mol. The lowest BCUT2D eigenvalue weighted by molar-refractivity contribution is -0.143. The first-order valence-electron chi connectivity index (χ1n) is 12.0. The Labute approximate surface area is 192 Å². The molecule has 3 amide bonds. The first-order chi connectivity index (χ1) is 15.9. The van der Waals surface area contributed by atoms with Crippen LogP contribution in [0.1, 0.15) is 59.2 Å². The first-order valence-corrected chi connectivity index (χ1v) is 12.0. The van der Waals surface area contributed by atoms with E-state index in [2.05, 4.69) is 0 Å². The van der Waals surface area contributed by atoms with E-state index in [1.54, 1.807) is 41.3 Å². The molecule has 0 spiro atoms. The number of hydrogen-bond acceptors (Lipinski definition) is 3. The van der Waals surface area contributed by atoms with Crippen molar-refractivity contribution in [3.63, 3.8) is 0 Å². The summed E-state index contributed by atoms with van der Waals surface area (Å²) >= 11 is 0. The van der Waals surface area contributed by atoms with Gasteiger partial charge in [-0.25, -0.2) is 4.39 Å². The quantitative estimate of drug-likeness (QED) is 0.627. The highest BCUT2D eigenvalue weighted by molar-refractivity contribution is 6.21. The average Bonchev–Trinajstić information content (AvgIpc) is 3.03. The van der Waals surface area contributed by atoms with E-state index in [-0.39, 0.29) is 30.8 Å². The number of halogens is 1. The third-order valence-corrected chi connectivity index (χ3v) is 8.28. The molecule has 4 bridgehead atoms. The molecule has 1 aliphatic heterocycles. The molecule has 0 radical (unpaired) electrons. The number of nitrogens with zero attached hydrogens (tertiary/aromatic N) is 2. The Morgan fingerprint density at radius 3 is 2.03 bits per heavy atom. The van der Waals surface area contributed by atoms with Crippen molar-refractivity contribution < 1.29 is 18.8 Å². The van der Waals surface area contributed by atoms with E-state index in [0.717, 1.165) is 19.3 Å². The summed E-state index contributed by atoms with van der Waals surface area (Å²) in [5.41, 5.74) is 0.884. The van der Waals surface area contributed by atoms with Gasteiger partial charge in [0.2, 0.25) is 5.91 Å². The summed E-state index contributed by atoms with van der Waals surface area (Å²) in [5.74, 6) is 0.761. The molecule has 0 atom stereocenters. The molecule has 4 aliphatic carbocycles. The van der Waals surface area contributed by atoms with Crippen LogP contribution in [0.4, 0.5) is 10.1 Å². The molecule has 7 rings (SSSR count). The summed E-state index contributed by atoms with van der Waals surface area (Å²) in [5, 5.41) is 0. The number of rotatable bonds is 5. The van der Waals surface area contributed by atoms with Crippen LogP contribution in [-0.2, 0) is 4.79 Å². The molecule has 0 saturated heterocycles. The van der Waals surface area contributed by atoms with Crippen LogP contribution in [0, 0.1) is 29.0 Å². The molecule has 0 unspecified atom stereocenters. The minimum atomic E-state index is -0.406. The molecule has 0 aromatic heterocycles. The Morgan fingerprint density at radius 1 is 0.909 bits per heavy atom. The fourth-order valence-electron chi connectivity index (χ4n) is 7.29. The van der Waals surface area contributed by atoms with Crippen molar-refractivity contribution in [1.29, 1.82) is 0 Å². The predicted octanol–water partition coefficient (Wildman–Crippen LogP) is 4.67. The van der Waals surface area contributed by atoms with Crippen LogP contribution in [0.15, 0.2) is 48.5 Å². The van der Waals surface area contributed by atoms with Crippen molar-refractivity contribution in [2.75, 3.05) is 18.0 Å². The molecule has 5 aliphatic rings. The molecular weight excluding hydrogens is 419 g/mol. The highest BCUT2D eigenvalue weighted by Gasteiger charge is 2.55. The number of carbonyl (C=O) groups excluding carboxylic acids is 3. The molecule has 2 aromatic carbocycles. The first kappa shape index (κ1) is 20.6. The largest absolute Gasteiger partial charge is 0.310 e. The lowest BCUT2D eigenvalue weighted by Gasteiger charge is -2.56. The maximum Gasteiger partial charge on any atom is 0.261 e. The van der Waals surface area contributed by atoms with Crippen LogP contribution >= 0.6 is 0 Å². The second-order valence-corrected chi connectivity index (χ2v) is 10.4. The second-order valence-electron chi connectivity index (χ2n) is 10.4. The van der Waals surface area contributed by atoms with E-state index in [9.17, 15) is 18.8 Å². The number of fused-ring (bicyclic) bond motifs is 1. The van der Waals surface area contributed by atoms with Crippen molar-refractivity contribution in [2.45, 2.75) is 38.5 Å². The molecule has 33 heavy (non-hydrogen) atoms. The van der Waals surface area contributed by atoms with E-state index in [4.69, 9.17) is 0 Å². The SMILES string of the molecule is O=C1c2ccccc2C(=O)N1CCN(C(=O)C12CC3CC(CC(C3)C1)C2)c1cccc(F)c1. The molecule has 170 valence electrons. The summed E-state index contributed by atoms with van der Waals surface area (Å²) in [6, 6.07) is 12.9. The van der Waals surface area contributed by atoms with Gasteiger partial charge in [-0.2, -0.15) is 0 Å². The highest BCUT2D eigenvalue weighted by atomic mass is 19.1.